The van der Waals surface area contributed by atoms with E-state index in [4.69, 9.17) is 11.6 Å². The second-order valence-electron chi connectivity index (χ2n) is 2.45. The van der Waals surface area contributed by atoms with Crippen molar-refractivity contribution in [2.24, 2.45) is 0 Å². The molecule has 0 saturated carbocycles. The summed E-state index contributed by atoms with van der Waals surface area (Å²) in [7, 11) is 0. The van der Waals surface area contributed by atoms with Gasteiger partial charge >= 0.3 is 0 Å². The zero-order chi connectivity index (χ0) is 8.27. The third kappa shape index (κ3) is 1.95. The molecule has 60 valence electrons. The van der Waals surface area contributed by atoms with Crippen molar-refractivity contribution in [3.8, 4) is 0 Å². The van der Waals surface area contributed by atoms with E-state index >= 15 is 0 Å². The topological polar surface area (TPSA) is 20.2 Å². The lowest BCUT2D eigenvalue weighted by molar-refractivity contribution is 0.174. The van der Waals surface area contributed by atoms with Crippen LogP contribution in [0.4, 0.5) is 0 Å². The lowest BCUT2D eigenvalue weighted by atomic mass is 10.1. The van der Waals surface area contributed by atoms with Gasteiger partial charge in [-0.05, 0) is 18.1 Å². The van der Waals surface area contributed by atoms with Crippen molar-refractivity contribution in [2.45, 2.75) is 19.4 Å². The van der Waals surface area contributed by atoms with Crippen molar-refractivity contribution in [1.29, 1.82) is 0 Å². The Morgan fingerprint density at radius 3 is 2.64 bits per heavy atom. The van der Waals surface area contributed by atoms with Gasteiger partial charge < -0.3 is 5.11 Å². The molecule has 0 fully saturated rings. The average molecular weight is 171 g/mol. The van der Waals surface area contributed by atoms with E-state index in [2.05, 4.69) is 0 Å². The first-order chi connectivity index (χ1) is 5.25. The Hall–Kier alpha value is -0.530. The van der Waals surface area contributed by atoms with Gasteiger partial charge in [0.1, 0.15) is 0 Å². The van der Waals surface area contributed by atoms with Gasteiger partial charge in [0.15, 0.2) is 0 Å². The molecule has 1 atom stereocenters. The van der Waals surface area contributed by atoms with E-state index in [-0.39, 0.29) is 0 Å². The number of aliphatic hydroxyl groups excluding tert-OH is 1. The maximum Gasteiger partial charge on any atom is 0.0801 e. The fourth-order valence-electron chi connectivity index (χ4n) is 0.965. The Labute approximate surface area is 71.6 Å². The zero-order valence-electron chi connectivity index (χ0n) is 6.42. The Bertz CT molecular complexity index is 235. The first kappa shape index (κ1) is 8.57. The fourth-order valence-corrected chi connectivity index (χ4v) is 1.23. The van der Waals surface area contributed by atoms with Gasteiger partial charge in [0, 0.05) is 5.02 Å². The standard InChI is InChI=1S/C9H11ClO/c1-2-9(11)7-5-3-4-6-8(7)10/h3-6,9,11H,2H2,1H3/t9-/m1/s1. The highest BCUT2D eigenvalue weighted by atomic mass is 35.5. The van der Waals surface area contributed by atoms with Gasteiger partial charge in [-0.1, -0.05) is 36.7 Å². The molecule has 11 heavy (non-hydrogen) atoms. The molecule has 0 bridgehead atoms. The number of aliphatic hydroxyl groups is 1. The van der Waals surface area contributed by atoms with Crippen molar-refractivity contribution in [1.82, 2.24) is 0 Å². The predicted molar refractivity (Wildman–Crippen MR) is 46.7 cm³/mol. The van der Waals surface area contributed by atoms with Crippen LogP contribution in [-0.2, 0) is 0 Å². The van der Waals surface area contributed by atoms with Crippen LogP contribution in [0.5, 0.6) is 0 Å². The summed E-state index contributed by atoms with van der Waals surface area (Å²) < 4.78 is 0. The van der Waals surface area contributed by atoms with Crippen LogP contribution in [0.15, 0.2) is 24.3 Å². The van der Waals surface area contributed by atoms with Gasteiger partial charge in [-0.25, -0.2) is 0 Å². The number of halogens is 1. The molecule has 0 amide bonds. The molecule has 1 aromatic carbocycles. The minimum absolute atomic E-state index is 0.427. The Morgan fingerprint density at radius 1 is 1.45 bits per heavy atom. The lowest BCUT2D eigenvalue weighted by Crippen LogP contribution is -1.94. The molecule has 2 heteroatoms. The van der Waals surface area contributed by atoms with Gasteiger partial charge in [-0.3, -0.25) is 0 Å². The molecule has 1 nitrogen and oxygen atoms in total. The largest absolute Gasteiger partial charge is 0.388 e. The van der Waals surface area contributed by atoms with Crippen molar-refractivity contribution in [2.75, 3.05) is 0 Å². The van der Waals surface area contributed by atoms with E-state index in [1.54, 1.807) is 6.07 Å². The van der Waals surface area contributed by atoms with Crippen molar-refractivity contribution in [3.05, 3.63) is 34.9 Å². The highest BCUT2D eigenvalue weighted by Crippen LogP contribution is 2.23. The summed E-state index contributed by atoms with van der Waals surface area (Å²) in [4.78, 5) is 0. The fraction of sp³-hybridized carbons (Fsp3) is 0.333. The molecule has 0 aromatic heterocycles. The molecular formula is C9H11ClO. The summed E-state index contributed by atoms with van der Waals surface area (Å²) in [6.45, 7) is 1.92. The van der Waals surface area contributed by atoms with E-state index in [0.717, 1.165) is 5.56 Å². The number of hydrogen-bond donors (Lipinski definition) is 1. The molecule has 0 heterocycles. The quantitative estimate of drug-likeness (QED) is 0.724. The SMILES string of the molecule is CC[C@@H](O)c1ccccc1Cl. The second kappa shape index (κ2) is 3.74. The van der Waals surface area contributed by atoms with Crippen molar-refractivity contribution < 1.29 is 5.11 Å². The molecule has 0 aliphatic heterocycles. The van der Waals surface area contributed by atoms with Crippen LogP contribution in [0.25, 0.3) is 0 Å². The lowest BCUT2D eigenvalue weighted by Gasteiger charge is -2.08. The van der Waals surface area contributed by atoms with Gasteiger partial charge in [0.25, 0.3) is 0 Å². The Balaban J connectivity index is 2.93. The normalized spacial score (nSPS) is 13.0. The maximum absolute atomic E-state index is 9.43. The minimum atomic E-state index is -0.427. The first-order valence-corrected chi connectivity index (χ1v) is 4.06. The monoisotopic (exact) mass is 170 g/mol. The van der Waals surface area contributed by atoms with Crippen LogP contribution in [0.2, 0.25) is 5.02 Å². The maximum atomic E-state index is 9.43. The van der Waals surface area contributed by atoms with E-state index in [1.807, 2.05) is 25.1 Å². The Kier molecular flexibility index (Phi) is 2.92. The van der Waals surface area contributed by atoms with Crippen LogP contribution in [0.3, 0.4) is 0 Å². The minimum Gasteiger partial charge on any atom is -0.388 e. The molecule has 1 aromatic rings. The molecule has 0 spiro atoms. The summed E-state index contributed by atoms with van der Waals surface area (Å²) in [5.74, 6) is 0. The molecule has 0 radical (unpaired) electrons. The summed E-state index contributed by atoms with van der Waals surface area (Å²) >= 11 is 5.84. The molecule has 0 aliphatic carbocycles. The molecule has 0 unspecified atom stereocenters. The summed E-state index contributed by atoms with van der Waals surface area (Å²) in [5, 5.41) is 10.1. The third-order valence-corrected chi connectivity index (χ3v) is 2.00. The van der Waals surface area contributed by atoms with Crippen LogP contribution in [0, 0.1) is 0 Å². The van der Waals surface area contributed by atoms with E-state index < -0.39 is 6.10 Å². The molecule has 0 saturated heterocycles. The van der Waals surface area contributed by atoms with Gasteiger partial charge in [-0.2, -0.15) is 0 Å². The second-order valence-corrected chi connectivity index (χ2v) is 2.85. The zero-order valence-corrected chi connectivity index (χ0v) is 7.17. The van der Waals surface area contributed by atoms with E-state index in [1.165, 1.54) is 0 Å². The van der Waals surface area contributed by atoms with E-state index in [0.29, 0.717) is 11.4 Å². The van der Waals surface area contributed by atoms with Crippen LogP contribution >= 0.6 is 11.6 Å². The van der Waals surface area contributed by atoms with E-state index in [9.17, 15) is 5.11 Å². The highest BCUT2D eigenvalue weighted by Gasteiger charge is 2.06. The van der Waals surface area contributed by atoms with Crippen molar-refractivity contribution in [3.63, 3.8) is 0 Å². The van der Waals surface area contributed by atoms with Crippen LogP contribution in [0.1, 0.15) is 25.0 Å². The van der Waals surface area contributed by atoms with Crippen molar-refractivity contribution >= 4 is 11.6 Å². The molecular weight excluding hydrogens is 160 g/mol. The average Bonchev–Trinajstić information content (AvgIpc) is 2.04. The molecule has 0 aliphatic rings. The summed E-state index contributed by atoms with van der Waals surface area (Å²) in [5.41, 5.74) is 0.816. The highest BCUT2D eigenvalue weighted by molar-refractivity contribution is 6.31. The molecule has 1 rings (SSSR count). The van der Waals surface area contributed by atoms with Crippen LogP contribution in [-0.4, -0.2) is 5.11 Å². The Morgan fingerprint density at radius 2 is 2.09 bits per heavy atom. The number of rotatable bonds is 2. The predicted octanol–water partition coefficient (Wildman–Crippen LogP) is 2.78. The summed E-state index contributed by atoms with van der Waals surface area (Å²) in [6.07, 6.45) is 0.271. The molecule has 1 N–H and O–H groups in total. The van der Waals surface area contributed by atoms with Gasteiger partial charge in [0.05, 0.1) is 6.10 Å². The number of benzene rings is 1. The number of hydrogen-bond acceptors (Lipinski definition) is 1. The van der Waals surface area contributed by atoms with Crippen LogP contribution < -0.4 is 0 Å². The van der Waals surface area contributed by atoms with Gasteiger partial charge in [0.2, 0.25) is 0 Å². The van der Waals surface area contributed by atoms with Gasteiger partial charge in [-0.15, -0.1) is 0 Å². The third-order valence-electron chi connectivity index (χ3n) is 1.65. The summed E-state index contributed by atoms with van der Waals surface area (Å²) in [6, 6.07) is 7.36. The first-order valence-electron chi connectivity index (χ1n) is 3.68. The smallest absolute Gasteiger partial charge is 0.0801 e.